The number of hydrogen-bond donors (Lipinski definition) is 3. The summed E-state index contributed by atoms with van der Waals surface area (Å²) in [5.41, 5.74) is 4.63. The minimum Gasteiger partial charge on any atom is -0.461 e. The van der Waals surface area contributed by atoms with Gasteiger partial charge in [0.2, 0.25) is 0 Å². The molecule has 196 valence electrons. The molecule has 1 aliphatic carbocycles. The topological polar surface area (TPSA) is 105 Å². The maximum atomic E-state index is 12.5. The van der Waals surface area contributed by atoms with Crippen LogP contribution in [-0.4, -0.2) is 53.7 Å². The van der Waals surface area contributed by atoms with E-state index in [2.05, 4.69) is 27.7 Å². The Bertz CT molecular complexity index is 1120. The van der Waals surface area contributed by atoms with Crippen molar-refractivity contribution in [2.75, 3.05) is 23.9 Å². The van der Waals surface area contributed by atoms with Gasteiger partial charge >= 0.3 is 5.97 Å². The third-order valence-corrected chi connectivity index (χ3v) is 7.13. The molecule has 4 unspecified atom stereocenters. The second-order valence-corrected chi connectivity index (χ2v) is 10.1. The molecule has 3 N–H and O–H groups in total. The van der Waals surface area contributed by atoms with Gasteiger partial charge in [-0.2, -0.15) is 0 Å². The molecule has 1 aromatic carbocycles. The molecule has 36 heavy (non-hydrogen) atoms. The lowest BCUT2D eigenvalue weighted by Gasteiger charge is -2.29. The number of nitrogens with zero attached hydrogens (tertiary/aromatic N) is 2. The van der Waals surface area contributed by atoms with E-state index in [9.17, 15) is 14.7 Å². The molecule has 9 nitrogen and oxygen atoms in total. The number of ether oxygens (including phenoxy) is 2. The number of benzene rings is 1. The summed E-state index contributed by atoms with van der Waals surface area (Å²) in [5, 5.41) is 16.9. The molecule has 4 rings (SSSR count). The van der Waals surface area contributed by atoms with Crippen molar-refractivity contribution in [3.63, 3.8) is 0 Å². The van der Waals surface area contributed by atoms with Gasteiger partial charge in [-0.05, 0) is 63.8 Å². The van der Waals surface area contributed by atoms with Crippen molar-refractivity contribution in [3.05, 3.63) is 57.5 Å². The van der Waals surface area contributed by atoms with Crippen LogP contribution in [0.3, 0.4) is 0 Å². The van der Waals surface area contributed by atoms with Gasteiger partial charge in [0.15, 0.2) is 0 Å². The summed E-state index contributed by atoms with van der Waals surface area (Å²) in [5.74, 6) is -0.404. The number of rotatable bonds is 10. The summed E-state index contributed by atoms with van der Waals surface area (Å²) in [6, 6.07) is 7.27. The fourth-order valence-electron chi connectivity index (χ4n) is 4.71. The van der Waals surface area contributed by atoms with Crippen molar-refractivity contribution in [1.29, 1.82) is 0 Å². The van der Waals surface area contributed by atoms with Crippen molar-refractivity contribution in [1.82, 2.24) is 9.88 Å². The lowest BCUT2D eigenvalue weighted by molar-refractivity contribution is -0.158. The summed E-state index contributed by atoms with van der Waals surface area (Å²) in [6.45, 7) is 6.52. The number of fused-ring (bicyclic) bond motifs is 1. The van der Waals surface area contributed by atoms with Crippen LogP contribution in [0.4, 0.5) is 11.4 Å². The van der Waals surface area contributed by atoms with Crippen LogP contribution in [-0.2, 0) is 27.9 Å². The van der Waals surface area contributed by atoms with E-state index in [1.54, 1.807) is 25.6 Å². The Kier molecular flexibility index (Phi) is 8.02. The average Bonchev–Trinajstić information content (AvgIpc) is 3.16. The first kappa shape index (κ1) is 26.2. The minimum absolute atomic E-state index is 0.00343. The molecule has 1 aromatic heterocycles. The summed E-state index contributed by atoms with van der Waals surface area (Å²) in [6.07, 6.45) is 3.68. The summed E-state index contributed by atoms with van der Waals surface area (Å²) in [4.78, 5) is 27.1. The first-order valence-electron chi connectivity index (χ1n) is 12.7. The van der Waals surface area contributed by atoms with Crippen molar-refractivity contribution in [3.8, 4) is 0 Å². The van der Waals surface area contributed by atoms with Gasteiger partial charge in [-0.1, -0.05) is 6.07 Å². The smallest absolute Gasteiger partial charge is 0.326 e. The number of aryl methyl sites for hydroxylation is 2. The van der Waals surface area contributed by atoms with Crippen LogP contribution in [0.15, 0.2) is 35.3 Å². The second-order valence-electron chi connectivity index (χ2n) is 10.1. The minimum atomic E-state index is -0.867. The molecular formula is C27H38N4O5. The Balaban J connectivity index is 1.53. The van der Waals surface area contributed by atoms with E-state index in [4.69, 9.17) is 9.47 Å². The first-order chi connectivity index (χ1) is 17.2. The molecule has 1 fully saturated rings. The molecule has 2 heterocycles. The van der Waals surface area contributed by atoms with Crippen molar-refractivity contribution < 1.29 is 19.4 Å². The van der Waals surface area contributed by atoms with Gasteiger partial charge in [0.05, 0.1) is 23.6 Å². The number of methoxy groups -OCH3 is 1. The third kappa shape index (κ3) is 5.58. The Morgan fingerprint density at radius 1 is 1.28 bits per heavy atom. The number of carbonyl (C=O) groups is 1. The number of hydrogen-bond acceptors (Lipinski definition) is 8. The predicted molar refractivity (Wildman–Crippen MR) is 139 cm³/mol. The second kappa shape index (κ2) is 11.0. The summed E-state index contributed by atoms with van der Waals surface area (Å²) in [7, 11) is 3.46. The SMILES string of the molecule is COC(C)CN1c2ccc(CNC(C(=O)OC3CCC3)C(C)O)cc2NC1c1cc(C)c(=O)n(C)c1. The molecule has 2 aliphatic rings. The summed E-state index contributed by atoms with van der Waals surface area (Å²) < 4.78 is 12.7. The van der Waals surface area contributed by atoms with Crippen molar-refractivity contribution in [2.24, 2.45) is 7.05 Å². The van der Waals surface area contributed by atoms with Gasteiger partial charge in [-0.25, -0.2) is 0 Å². The highest BCUT2D eigenvalue weighted by atomic mass is 16.5. The first-order valence-corrected chi connectivity index (χ1v) is 12.7. The lowest BCUT2D eigenvalue weighted by atomic mass is 9.96. The van der Waals surface area contributed by atoms with Crippen LogP contribution in [0.25, 0.3) is 0 Å². The highest BCUT2D eigenvalue weighted by Gasteiger charge is 2.33. The molecule has 1 aliphatic heterocycles. The highest BCUT2D eigenvalue weighted by molar-refractivity contribution is 5.78. The Morgan fingerprint density at radius 3 is 2.64 bits per heavy atom. The molecule has 4 atom stereocenters. The number of aliphatic hydroxyl groups excluding tert-OH is 1. The number of esters is 1. The Hall–Kier alpha value is -2.88. The van der Waals surface area contributed by atoms with Crippen LogP contribution in [0.1, 0.15) is 56.0 Å². The van der Waals surface area contributed by atoms with E-state index >= 15 is 0 Å². The molecule has 0 amide bonds. The maximum absolute atomic E-state index is 12.5. The van der Waals surface area contributed by atoms with E-state index in [0.29, 0.717) is 18.7 Å². The Labute approximate surface area is 212 Å². The van der Waals surface area contributed by atoms with E-state index in [-0.39, 0.29) is 23.9 Å². The van der Waals surface area contributed by atoms with Crippen LogP contribution in [0, 0.1) is 6.92 Å². The molecule has 0 saturated heterocycles. The number of aromatic nitrogens is 1. The largest absolute Gasteiger partial charge is 0.461 e. The quantitative estimate of drug-likeness (QED) is 0.430. The number of carbonyl (C=O) groups excluding carboxylic acids is 1. The van der Waals surface area contributed by atoms with E-state index in [1.807, 2.05) is 32.2 Å². The predicted octanol–water partition coefficient (Wildman–Crippen LogP) is 2.59. The molecule has 0 radical (unpaired) electrons. The molecule has 2 aromatic rings. The highest BCUT2D eigenvalue weighted by Crippen LogP contribution is 2.41. The molecular weight excluding hydrogens is 460 g/mol. The molecule has 0 bridgehead atoms. The van der Waals surface area contributed by atoms with Gasteiger partial charge in [-0.15, -0.1) is 0 Å². The monoisotopic (exact) mass is 498 g/mol. The van der Waals surface area contributed by atoms with Gasteiger partial charge in [0.1, 0.15) is 18.3 Å². The zero-order valence-electron chi connectivity index (χ0n) is 21.8. The van der Waals surface area contributed by atoms with Gasteiger partial charge in [0, 0.05) is 44.6 Å². The molecule has 9 heteroatoms. The number of anilines is 2. The number of aliphatic hydroxyl groups is 1. The normalized spacial score (nSPS) is 19.7. The maximum Gasteiger partial charge on any atom is 0.326 e. The van der Waals surface area contributed by atoms with Gasteiger partial charge in [0.25, 0.3) is 5.56 Å². The lowest BCUT2D eigenvalue weighted by Crippen LogP contribution is -2.47. The van der Waals surface area contributed by atoms with Crippen LogP contribution >= 0.6 is 0 Å². The van der Waals surface area contributed by atoms with Crippen molar-refractivity contribution in [2.45, 2.75) is 77.1 Å². The van der Waals surface area contributed by atoms with E-state index in [1.165, 1.54) is 0 Å². The fourth-order valence-corrected chi connectivity index (χ4v) is 4.71. The van der Waals surface area contributed by atoms with Crippen LogP contribution in [0.5, 0.6) is 0 Å². The third-order valence-electron chi connectivity index (χ3n) is 7.13. The van der Waals surface area contributed by atoms with Gasteiger partial charge < -0.3 is 29.4 Å². The zero-order valence-corrected chi connectivity index (χ0v) is 21.8. The van der Waals surface area contributed by atoms with E-state index in [0.717, 1.165) is 41.8 Å². The average molecular weight is 499 g/mol. The Morgan fingerprint density at radius 2 is 2.03 bits per heavy atom. The van der Waals surface area contributed by atoms with E-state index < -0.39 is 18.1 Å². The van der Waals surface area contributed by atoms with Crippen LogP contribution < -0.4 is 21.1 Å². The standard InChI is InChI=1S/C27H38N4O5/c1-16-11-20(15-30(4)26(16)33)25-29-22-12-19(9-10-23(22)31(25)14-17(2)35-5)13-28-24(18(3)32)27(34)36-21-7-6-8-21/h9-12,15,17-18,21,24-25,28-29,32H,6-8,13-14H2,1-5H3. The zero-order chi connectivity index (χ0) is 26.0. The number of pyridine rings is 1. The molecule has 1 saturated carbocycles. The summed E-state index contributed by atoms with van der Waals surface area (Å²) >= 11 is 0. The fraction of sp³-hybridized carbons (Fsp3) is 0.556. The molecule has 0 spiro atoms. The van der Waals surface area contributed by atoms with Gasteiger partial charge in [-0.3, -0.25) is 14.9 Å². The van der Waals surface area contributed by atoms with Crippen LogP contribution in [0.2, 0.25) is 0 Å². The number of nitrogens with one attached hydrogen (secondary N) is 2. The van der Waals surface area contributed by atoms with Crippen molar-refractivity contribution >= 4 is 17.3 Å².